The molecule has 5 rings (SSSR count). The first-order valence-electron chi connectivity index (χ1n) is 12.3. The van der Waals surface area contributed by atoms with Crippen molar-refractivity contribution in [3.05, 3.63) is 42.8 Å². The standard InChI is InChI=1S/C25H27F3N10/c1-17(2-6-32-23(30)25(26,27)28)36-8-10-37(11-9-36)19-12-24(13-19,4-5-29)38-15-18(14-35-38)21-20-3-7-31-22(20)34-16-33-21/h2-3,6-7,14-16,19,30H,4,8-13H2,1H3,(H,31,33,34). The molecule has 0 spiro atoms. The largest absolute Gasteiger partial charge is 0.450 e. The Kier molecular flexibility index (Phi) is 6.75. The van der Waals surface area contributed by atoms with E-state index < -0.39 is 12.0 Å². The number of aliphatic imine (C=N–C) groups is 1. The van der Waals surface area contributed by atoms with Crippen LogP contribution in [0.25, 0.3) is 22.3 Å². The van der Waals surface area contributed by atoms with E-state index in [1.165, 1.54) is 12.4 Å². The van der Waals surface area contributed by atoms with Gasteiger partial charge in [0.1, 0.15) is 12.0 Å². The number of halogens is 3. The lowest BCUT2D eigenvalue weighted by atomic mass is 9.70. The van der Waals surface area contributed by atoms with Crippen molar-refractivity contribution in [1.82, 2.24) is 34.5 Å². The van der Waals surface area contributed by atoms with Crippen LogP contribution in [0.1, 0.15) is 26.2 Å². The van der Waals surface area contributed by atoms with Crippen molar-refractivity contribution >= 4 is 23.1 Å². The van der Waals surface area contributed by atoms with E-state index in [0.29, 0.717) is 12.5 Å². The second kappa shape index (κ2) is 10.0. The van der Waals surface area contributed by atoms with Gasteiger partial charge in [-0.2, -0.15) is 23.5 Å². The first-order valence-corrected chi connectivity index (χ1v) is 12.3. The number of allylic oxidation sites excluding steroid dienone is 2. The number of hydrogen-bond acceptors (Lipinski definition) is 7. The maximum Gasteiger partial charge on any atom is 0.450 e. The highest BCUT2D eigenvalue weighted by atomic mass is 19.4. The summed E-state index contributed by atoms with van der Waals surface area (Å²) in [7, 11) is 0. The molecule has 4 heterocycles. The lowest BCUT2D eigenvalue weighted by molar-refractivity contribution is -0.0604. The third-order valence-corrected chi connectivity index (χ3v) is 7.45. The molecule has 2 aliphatic rings. The van der Waals surface area contributed by atoms with Gasteiger partial charge < -0.3 is 9.88 Å². The number of nitrogens with one attached hydrogen (secondary N) is 2. The molecular weight excluding hydrogens is 497 g/mol. The second-order valence-electron chi connectivity index (χ2n) is 9.71. The first kappa shape index (κ1) is 25.6. The predicted octanol–water partition coefficient (Wildman–Crippen LogP) is 3.72. The Labute approximate surface area is 217 Å². The molecule has 2 N–H and O–H groups in total. The van der Waals surface area contributed by atoms with Gasteiger partial charge in [-0.1, -0.05) is 0 Å². The maximum absolute atomic E-state index is 12.4. The van der Waals surface area contributed by atoms with E-state index in [4.69, 9.17) is 5.41 Å². The van der Waals surface area contributed by atoms with Gasteiger partial charge in [-0.3, -0.25) is 15.0 Å². The van der Waals surface area contributed by atoms with Gasteiger partial charge in [0.2, 0.25) is 5.84 Å². The molecule has 13 heteroatoms. The number of amidine groups is 1. The highest BCUT2D eigenvalue weighted by molar-refractivity contribution is 5.94. The average molecular weight is 525 g/mol. The zero-order valence-electron chi connectivity index (χ0n) is 20.8. The molecule has 1 aliphatic carbocycles. The quantitative estimate of drug-likeness (QED) is 0.374. The molecule has 3 aromatic rings. The minimum atomic E-state index is -4.74. The van der Waals surface area contributed by atoms with Crippen molar-refractivity contribution in [3.63, 3.8) is 0 Å². The molecular formula is C25H27F3N10. The lowest BCUT2D eigenvalue weighted by Gasteiger charge is -2.52. The number of fused-ring (bicyclic) bond motifs is 1. The molecule has 2 fully saturated rings. The van der Waals surface area contributed by atoms with Crippen LogP contribution in [0.2, 0.25) is 0 Å². The van der Waals surface area contributed by atoms with Gasteiger partial charge in [0.05, 0.1) is 29.9 Å². The minimum Gasteiger partial charge on any atom is -0.372 e. The molecule has 10 nitrogen and oxygen atoms in total. The van der Waals surface area contributed by atoms with Gasteiger partial charge in [-0.05, 0) is 31.9 Å². The third-order valence-electron chi connectivity index (χ3n) is 7.45. The van der Waals surface area contributed by atoms with Crippen LogP contribution in [0, 0.1) is 16.7 Å². The van der Waals surface area contributed by atoms with Crippen LogP contribution < -0.4 is 0 Å². The van der Waals surface area contributed by atoms with Crippen molar-refractivity contribution in [1.29, 1.82) is 10.7 Å². The van der Waals surface area contributed by atoms with E-state index >= 15 is 0 Å². The Morgan fingerprint density at radius 1 is 1.29 bits per heavy atom. The summed E-state index contributed by atoms with van der Waals surface area (Å²) in [5.41, 5.74) is 2.87. The summed E-state index contributed by atoms with van der Waals surface area (Å²) in [6.07, 6.45) is 6.88. The zero-order valence-corrected chi connectivity index (χ0v) is 20.8. The van der Waals surface area contributed by atoms with Gasteiger partial charge in [0.15, 0.2) is 0 Å². The van der Waals surface area contributed by atoms with Crippen LogP contribution in [0.4, 0.5) is 13.2 Å². The van der Waals surface area contributed by atoms with Gasteiger partial charge in [0, 0.05) is 67.5 Å². The molecule has 1 saturated heterocycles. The summed E-state index contributed by atoms with van der Waals surface area (Å²) in [6, 6.07) is 4.60. The van der Waals surface area contributed by atoms with Crippen LogP contribution >= 0.6 is 0 Å². The Hall–Kier alpha value is -4.05. The molecule has 0 amide bonds. The smallest absolute Gasteiger partial charge is 0.372 e. The third kappa shape index (κ3) is 4.91. The number of nitriles is 1. The topological polar surface area (TPSA) is 126 Å². The number of rotatable bonds is 6. The number of aromatic nitrogens is 5. The fourth-order valence-electron chi connectivity index (χ4n) is 5.28. The van der Waals surface area contributed by atoms with Crippen molar-refractivity contribution in [2.75, 3.05) is 26.2 Å². The zero-order chi connectivity index (χ0) is 26.9. The monoisotopic (exact) mass is 524 g/mol. The summed E-state index contributed by atoms with van der Waals surface area (Å²) in [5, 5.41) is 22.0. The molecule has 198 valence electrons. The Balaban J connectivity index is 1.20. The molecule has 0 unspecified atom stereocenters. The van der Waals surface area contributed by atoms with Crippen molar-refractivity contribution in [2.45, 2.75) is 43.9 Å². The number of piperazine rings is 1. The summed E-state index contributed by atoms with van der Waals surface area (Å²) in [4.78, 5) is 19.5. The highest BCUT2D eigenvalue weighted by Crippen LogP contribution is 2.45. The lowest BCUT2D eigenvalue weighted by Crippen LogP contribution is -2.60. The molecule has 0 aromatic carbocycles. The van der Waals surface area contributed by atoms with Crippen molar-refractivity contribution in [3.8, 4) is 17.3 Å². The summed E-state index contributed by atoms with van der Waals surface area (Å²) in [5.74, 6) is -1.61. The van der Waals surface area contributed by atoms with Gasteiger partial charge in [-0.25, -0.2) is 15.0 Å². The fourth-order valence-corrected chi connectivity index (χ4v) is 5.28. The van der Waals surface area contributed by atoms with Crippen LogP contribution in [0.15, 0.2) is 47.7 Å². The molecule has 38 heavy (non-hydrogen) atoms. The molecule has 0 bridgehead atoms. The van der Waals surface area contributed by atoms with Gasteiger partial charge in [-0.15, -0.1) is 0 Å². The number of H-pyrrole nitrogens is 1. The summed E-state index contributed by atoms with van der Waals surface area (Å²) >= 11 is 0. The normalized spacial score (nSPS) is 23.1. The van der Waals surface area contributed by atoms with Crippen LogP contribution in [0.5, 0.6) is 0 Å². The fraction of sp³-hybridized carbons (Fsp3) is 0.440. The number of alkyl halides is 3. The number of aromatic amines is 1. The van der Waals surface area contributed by atoms with Crippen LogP contribution in [0.3, 0.4) is 0 Å². The minimum absolute atomic E-state index is 0.326. The summed E-state index contributed by atoms with van der Waals surface area (Å²) < 4.78 is 39.2. The maximum atomic E-state index is 12.4. The van der Waals surface area contributed by atoms with Crippen molar-refractivity contribution < 1.29 is 13.2 Å². The van der Waals surface area contributed by atoms with E-state index in [9.17, 15) is 18.4 Å². The van der Waals surface area contributed by atoms with Gasteiger partial charge in [0.25, 0.3) is 0 Å². The van der Waals surface area contributed by atoms with E-state index in [2.05, 4.69) is 40.9 Å². The molecule has 0 radical (unpaired) electrons. The van der Waals surface area contributed by atoms with E-state index in [0.717, 1.165) is 73.2 Å². The second-order valence-corrected chi connectivity index (χ2v) is 9.71. The highest BCUT2D eigenvalue weighted by Gasteiger charge is 2.49. The number of hydrogen-bond donors (Lipinski definition) is 2. The molecule has 1 aliphatic heterocycles. The van der Waals surface area contributed by atoms with Crippen LogP contribution in [-0.2, 0) is 5.54 Å². The average Bonchev–Trinajstić information content (AvgIpc) is 3.55. The number of nitrogens with zero attached hydrogens (tertiary/aromatic N) is 8. The van der Waals surface area contributed by atoms with Crippen molar-refractivity contribution in [2.24, 2.45) is 4.99 Å². The SMILES string of the molecule is CC(=CC=NC(=N)C(F)(F)F)N1CCN(C2CC(CC#N)(n3cc(-c4ncnc5[nH]ccc45)cn3)C2)CC1. The predicted molar refractivity (Wildman–Crippen MR) is 136 cm³/mol. The van der Waals surface area contributed by atoms with E-state index in [-0.39, 0.29) is 5.54 Å². The molecule has 3 aromatic heterocycles. The van der Waals surface area contributed by atoms with Gasteiger partial charge >= 0.3 is 6.18 Å². The Bertz CT molecular complexity index is 1410. The molecule has 0 atom stereocenters. The Morgan fingerprint density at radius 3 is 2.76 bits per heavy atom. The first-order chi connectivity index (χ1) is 18.2. The Morgan fingerprint density at radius 2 is 2.05 bits per heavy atom. The van der Waals surface area contributed by atoms with E-state index in [1.807, 2.05) is 30.1 Å². The van der Waals surface area contributed by atoms with E-state index in [1.54, 1.807) is 6.20 Å². The summed E-state index contributed by atoms with van der Waals surface area (Å²) in [6.45, 7) is 4.92. The molecule has 1 saturated carbocycles. The van der Waals surface area contributed by atoms with Crippen LogP contribution in [-0.4, -0.2) is 85.0 Å².